The highest BCUT2D eigenvalue weighted by atomic mass is 19.3. The number of aliphatic imine (C=N–C) groups is 1. The van der Waals surface area contributed by atoms with E-state index in [2.05, 4.69) is 45.0 Å². The molecule has 0 saturated heterocycles. The van der Waals surface area contributed by atoms with Gasteiger partial charge in [-0.05, 0) is 70.6 Å². The number of benzene rings is 3. The standard InChI is InChI=1S/C31H22F4N6O2/c1-2-29(31(34,35)30(42,20-41-21-38-39-40-41)27-15-12-25(32)17-28(27)33)37-16-4-3-5-22-10-13-26(14-11-22)43-19-24-8-6-23(18-36)7-9-24/h2,4,6-17,21,42H,1,19-20H2/b16-4+,37-29?. The molecule has 0 aliphatic carbocycles. The highest BCUT2D eigenvalue weighted by Crippen LogP contribution is 2.42. The van der Waals surface area contributed by atoms with Gasteiger partial charge in [-0.25, -0.2) is 13.5 Å². The molecule has 0 amide bonds. The van der Waals surface area contributed by atoms with Crippen molar-refractivity contribution in [2.45, 2.75) is 24.7 Å². The van der Waals surface area contributed by atoms with Crippen LogP contribution in [-0.2, 0) is 18.8 Å². The third kappa shape index (κ3) is 7.19. The minimum absolute atomic E-state index is 0.312. The molecule has 4 rings (SSSR count). The van der Waals surface area contributed by atoms with Crippen molar-refractivity contribution in [1.29, 1.82) is 5.26 Å². The number of aliphatic hydroxyl groups is 1. The highest BCUT2D eigenvalue weighted by Gasteiger charge is 2.58. The van der Waals surface area contributed by atoms with Crippen molar-refractivity contribution >= 4 is 5.71 Å². The molecule has 1 N–H and O–H groups in total. The summed E-state index contributed by atoms with van der Waals surface area (Å²) in [6.45, 7) is 2.67. The van der Waals surface area contributed by atoms with E-state index in [1.807, 2.05) is 0 Å². The largest absolute Gasteiger partial charge is 0.489 e. The van der Waals surface area contributed by atoms with Crippen LogP contribution in [0.3, 0.4) is 0 Å². The van der Waals surface area contributed by atoms with Crippen molar-refractivity contribution in [3.8, 4) is 23.7 Å². The third-order valence-electron chi connectivity index (χ3n) is 6.12. The zero-order valence-electron chi connectivity index (χ0n) is 22.3. The van der Waals surface area contributed by atoms with Crippen LogP contribution in [0.4, 0.5) is 17.6 Å². The van der Waals surface area contributed by atoms with E-state index in [-0.39, 0.29) is 0 Å². The second kappa shape index (κ2) is 13.4. The first-order valence-electron chi connectivity index (χ1n) is 12.5. The lowest BCUT2D eigenvalue weighted by molar-refractivity contribution is -0.154. The van der Waals surface area contributed by atoms with Crippen molar-refractivity contribution in [3.63, 3.8) is 0 Å². The maximum atomic E-state index is 15.8. The van der Waals surface area contributed by atoms with E-state index < -0.39 is 41.0 Å². The summed E-state index contributed by atoms with van der Waals surface area (Å²) in [5.41, 5.74) is -3.11. The zero-order valence-corrected chi connectivity index (χ0v) is 22.3. The van der Waals surface area contributed by atoms with Crippen LogP contribution < -0.4 is 4.74 Å². The summed E-state index contributed by atoms with van der Waals surface area (Å²) < 4.78 is 66.3. The molecule has 3 aromatic carbocycles. The molecule has 0 radical (unpaired) electrons. The van der Waals surface area contributed by atoms with Crippen LogP contribution >= 0.6 is 0 Å². The number of nitriles is 1. The number of tetrazole rings is 1. The average molecular weight is 587 g/mol. The molecule has 4 aromatic rings. The first-order valence-corrected chi connectivity index (χ1v) is 12.5. The van der Waals surface area contributed by atoms with Crippen LogP contribution in [0.1, 0.15) is 22.3 Å². The Kier molecular flexibility index (Phi) is 9.45. The van der Waals surface area contributed by atoms with Gasteiger partial charge >= 0.3 is 5.92 Å². The first kappa shape index (κ1) is 30.4. The van der Waals surface area contributed by atoms with E-state index >= 15 is 8.78 Å². The Morgan fingerprint density at radius 2 is 1.79 bits per heavy atom. The van der Waals surface area contributed by atoms with E-state index in [1.165, 1.54) is 6.08 Å². The molecular formula is C31H22F4N6O2. The second-order valence-corrected chi connectivity index (χ2v) is 8.99. The van der Waals surface area contributed by atoms with Crippen LogP contribution in [0.5, 0.6) is 5.75 Å². The summed E-state index contributed by atoms with van der Waals surface area (Å²) in [7, 11) is 0. The second-order valence-electron chi connectivity index (χ2n) is 8.99. The Balaban J connectivity index is 1.48. The number of nitrogens with zero attached hydrogens (tertiary/aromatic N) is 6. The minimum atomic E-state index is -4.25. The quantitative estimate of drug-likeness (QED) is 0.157. The predicted octanol–water partition coefficient (Wildman–Crippen LogP) is 5.12. The molecule has 8 nitrogen and oxygen atoms in total. The lowest BCUT2D eigenvalue weighted by Crippen LogP contribution is -2.53. The average Bonchev–Trinajstić information content (AvgIpc) is 3.51. The molecule has 0 fully saturated rings. The molecule has 216 valence electrons. The van der Waals surface area contributed by atoms with Gasteiger partial charge < -0.3 is 9.84 Å². The van der Waals surface area contributed by atoms with Crippen molar-refractivity contribution in [3.05, 3.63) is 132 Å². The number of hydrogen-bond donors (Lipinski definition) is 1. The SMILES string of the molecule is C=CC(=N/C=C/C#Cc1ccc(OCc2ccc(C#N)cc2)cc1)C(F)(F)C(O)(Cn1cnnn1)c1ccc(F)cc1F. The van der Waals surface area contributed by atoms with Gasteiger partial charge in [-0.3, -0.25) is 4.99 Å². The van der Waals surface area contributed by atoms with Gasteiger partial charge in [0.1, 0.15) is 36.0 Å². The van der Waals surface area contributed by atoms with Crippen LogP contribution in [0.25, 0.3) is 0 Å². The Hall–Kier alpha value is -5.59. The molecule has 1 unspecified atom stereocenters. The first-order chi connectivity index (χ1) is 20.7. The number of rotatable bonds is 10. The minimum Gasteiger partial charge on any atom is -0.489 e. The molecule has 1 heterocycles. The Labute approximate surface area is 243 Å². The molecule has 0 saturated carbocycles. The maximum Gasteiger partial charge on any atom is 0.323 e. The van der Waals surface area contributed by atoms with Crippen molar-refractivity contribution in [2.24, 2.45) is 4.99 Å². The Morgan fingerprint density at radius 1 is 1.07 bits per heavy atom. The molecule has 1 aromatic heterocycles. The topological polar surface area (TPSA) is 109 Å². The summed E-state index contributed by atoms with van der Waals surface area (Å²) in [5, 5.41) is 30.2. The lowest BCUT2D eigenvalue weighted by atomic mass is 9.84. The zero-order chi connectivity index (χ0) is 30.9. The fourth-order valence-electron chi connectivity index (χ4n) is 3.90. The van der Waals surface area contributed by atoms with Crippen molar-refractivity contribution in [2.75, 3.05) is 0 Å². The molecule has 1 atom stereocenters. The fraction of sp³-hybridized carbons (Fsp3) is 0.129. The number of alkyl halides is 2. The van der Waals surface area contributed by atoms with Gasteiger partial charge in [0.15, 0.2) is 5.60 Å². The highest BCUT2D eigenvalue weighted by molar-refractivity contribution is 6.01. The van der Waals surface area contributed by atoms with Gasteiger partial charge in [0, 0.05) is 29.5 Å². The molecule has 0 spiro atoms. The maximum absolute atomic E-state index is 15.8. The summed E-state index contributed by atoms with van der Waals surface area (Å²) in [6.07, 6.45) is 3.84. The summed E-state index contributed by atoms with van der Waals surface area (Å²) in [6, 6.07) is 17.7. The fourth-order valence-corrected chi connectivity index (χ4v) is 3.90. The van der Waals surface area contributed by atoms with Crippen molar-refractivity contribution in [1.82, 2.24) is 20.2 Å². The van der Waals surface area contributed by atoms with Crippen LogP contribution in [-0.4, -0.2) is 36.9 Å². The molecule has 0 bridgehead atoms. The lowest BCUT2D eigenvalue weighted by Gasteiger charge is -2.36. The van der Waals surface area contributed by atoms with Gasteiger partial charge in [-0.2, -0.15) is 14.0 Å². The Bertz CT molecular complexity index is 1740. The van der Waals surface area contributed by atoms with Gasteiger partial charge in [0.2, 0.25) is 0 Å². The van der Waals surface area contributed by atoms with Crippen molar-refractivity contribution < 1.29 is 27.4 Å². The molecular weight excluding hydrogens is 564 g/mol. The summed E-state index contributed by atoms with van der Waals surface area (Å²) in [4.78, 5) is 3.70. The van der Waals surface area contributed by atoms with E-state index in [1.54, 1.807) is 48.5 Å². The van der Waals surface area contributed by atoms with Gasteiger partial charge in [-0.15, -0.1) is 5.10 Å². The van der Waals surface area contributed by atoms with Crippen LogP contribution in [0.15, 0.2) is 103 Å². The molecule has 43 heavy (non-hydrogen) atoms. The van der Waals surface area contributed by atoms with Crippen LogP contribution in [0, 0.1) is 34.8 Å². The molecule has 0 aliphatic heterocycles. The van der Waals surface area contributed by atoms with E-state index in [9.17, 15) is 13.9 Å². The van der Waals surface area contributed by atoms with Gasteiger partial charge in [-0.1, -0.05) is 30.6 Å². The Morgan fingerprint density at radius 3 is 2.42 bits per heavy atom. The smallest absolute Gasteiger partial charge is 0.323 e. The third-order valence-corrected chi connectivity index (χ3v) is 6.12. The number of allylic oxidation sites excluding steroid dienone is 2. The van der Waals surface area contributed by atoms with E-state index in [4.69, 9.17) is 10.00 Å². The summed E-state index contributed by atoms with van der Waals surface area (Å²) >= 11 is 0. The van der Waals surface area contributed by atoms with Gasteiger partial charge in [0.05, 0.1) is 18.2 Å². The number of halogens is 4. The van der Waals surface area contributed by atoms with Crippen LogP contribution in [0.2, 0.25) is 0 Å². The van der Waals surface area contributed by atoms with Gasteiger partial charge in [0.25, 0.3) is 0 Å². The molecule has 0 aliphatic rings. The number of ether oxygens (including phenoxy) is 1. The van der Waals surface area contributed by atoms with E-state index in [0.717, 1.165) is 28.8 Å². The number of hydrogen-bond acceptors (Lipinski definition) is 7. The summed E-state index contributed by atoms with van der Waals surface area (Å²) in [5.74, 6) is -0.575. The number of aromatic nitrogens is 4. The monoisotopic (exact) mass is 586 g/mol. The molecule has 12 heteroatoms. The normalized spacial score (nSPS) is 13.1. The predicted molar refractivity (Wildman–Crippen MR) is 149 cm³/mol. The van der Waals surface area contributed by atoms with E-state index in [0.29, 0.717) is 41.7 Å².